The van der Waals surface area contributed by atoms with Crippen LogP contribution in [0.15, 0.2) is 17.6 Å². The molecule has 22 heavy (non-hydrogen) atoms. The van der Waals surface area contributed by atoms with Crippen LogP contribution in [-0.2, 0) is 9.31 Å². The number of aliphatic hydroxyl groups is 1. The summed E-state index contributed by atoms with van der Waals surface area (Å²) in [5, 5.41) is 9.48. The second-order valence-electron chi connectivity index (χ2n) is 6.25. The van der Waals surface area contributed by atoms with E-state index in [2.05, 4.69) is 0 Å². The molecule has 0 aliphatic carbocycles. The molecule has 0 amide bonds. The van der Waals surface area contributed by atoms with Gasteiger partial charge in [-0.3, -0.25) is 0 Å². The van der Waals surface area contributed by atoms with Gasteiger partial charge in [-0.05, 0) is 33.2 Å². The zero-order valence-electron chi connectivity index (χ0n) is 12.9. The molecule has 3 nitrogen and oxygen atoms in total. The average molecular weight is 314 g/mol. The molecule has 1 aliphatic heterocycles. The molecule has 120 valence electrons. The van der Waals surface area contributed by atoms with Crippen molar-refractivity contribution >= 4 is 13.2 Å². The maximum Gasteiger partial charge on any atom is 0.492 e. The minimum absolute atomic E-state index is 0.156. The smallest absolute Gasteiger partial charge is 0.400 e. The second kappa shape index (κ2) is 5.72. The first-order valence-electron chi connectivity index (χ1n) is 6.89. The van der Waals surface area contributed by atoms with Crippen LogP contribution in [0, 0.1) is 17.5 Å². The Labute approximate surface area is 127 Å². The van der Waals surface area contributed by atoms with E-state index in [0.717, 1.165) is 6.08 Å². The molecule has 2 rings (SSSR count). The average Bonchev–Trinajstić information content (AvgIpc) is 2.57. The molecule has 1 heterocycles. The summed E-state index contributed by atoms with van der Waals surface area (Å²) < 4.78 is 51.8. The summed E-state index contributed by atoms with van der Waals surface area (Å²) in [6.07, 6.45) is 1.09. The number of hydrogen-bond acceptors (Lipinski definition) is 3. The van der Waals surface area contributed by atoms with E-state index < -0.39 is 47.9 Å². The number of halogens is 3. The van der Waals surface area contributed by atoms with Crippen LogP contribution in [0.3, 0.4) is 0 Å². The van der Waals surface area contributed by atoms with Gasteiger partial charge in [-0.2, -0.15) is 0 Å². The third-order valence-electron chi connectivity index (χ3n) is 4.11. The number of benzene rings is 1. The Morgan fingerprint density at radius 2 is 1.55 bits per heavy atom. The highest BCUT2D eigenvalue weighted by Gasteiger charge is 2.52. The summed E-state index contributed by atoms with van der Waals surface area (Å²) >= 11 is 0. The number of hydrogen-bond donors (Lipinski definition) is 1. The van der Waals surface area contributed by atoms with Crippen LogP contribution >= 0.6 is 0 Å². The molecule has 0 radical (unpaired) electrons. The molecule has 1 aromatic carbocycles. The Kier molecular flexibility index (Phi) is 4.43. The molecule has 0 atom stereocenters. The van der Waals surface area contributed by atoms with Crippen LogP contribution in [0.1, 0.15) is 33.3 Å². The first-order chi connectivity index (χ1) is 10.1. The van der Waals surface area contributed by atoms with Gasteiger partial charge in [0.1, 0.15) is 17.5 Å². The van der Waals surface area contributed by atoms with Crippen LogP contribution in [0.4, 0.5) is 13.2 Å². The van der Waals surface area contributed by atoms with E-state index in [1.165, 1.54) is 0 Å². The lowest BCUT2D eigenvalue weighted by Gasteiger charge is -2.32. The maximum atomic E-state index is 13.7. The minimum atomic E-state index is -1.06. The molecule has 0 spiro atoms. The van der Waals surface area contributed by atoms with E-state index in [9.17, 15) is 18.3 Å². The lowest BCUT2D eigenvalue weighted by molar-refractivity contribution is 0.00578. The molecule has 1 aromatic rings. The van der Waals surface area contributed by atoms with Gasteiger partial charge in [-0.25, -0.2) is 13.2 Å². The van der Waals surface area contributed by atoms with Crippen molar-refractivity contribution in [3.8, 4) is 0 Å². The number of rotatable bonds is 3. The van der Waals surface area contributed by atoms with Gasteiger partial charge in [0.15, 0.2) is 0 Å². The first kappa shape index (κ1) is 17.1. The summed E-state index contributed by atoms with van der Waals surface area (Å²) in [6, 6.07) is 1.16. The van der Waals surface area contributed by atoms with Gasteiger partial charge in [0.05, 0.1) is 17.8 Å². The lowest BCUT2D eigenvalue weighted by Crippen LogP contribution is -2.41. The topological polar surface area (TPSA) is 38.7 Å². The van der Waals surface area contributed by atoms with Crippen molar-refractivity contribution in [2.75, 3.05) is 6.61 Å². The van der Waals surface area contributed by atoms with Crippen molar-refractivity contribution in [3.63, 3.8) is 0 Å². The fourth-order valence-electron chi connectivity index (χ4n) is 2.06. The van der Waals surface area contributed by atoms with Gasteiger partial charge in [-0.15, -0.1) is 0 Å². The van der Waals surface area contributed by atoms with Gasteiger partial charge >= 0.3 is 7.12 Å². The SMILES string of the molecule is CC1(C)OB(C(=Cc2c(F)cc(F)cc2F)CO)OC1(C)C. The summed E-state index contributed by atoms with van der Waals surface area (Å²) in [6.45, 7) is 6.78. The standard InChI is InChI=1S/C15H18BF3O3/c1-14(2)15(3,4)22-16(21-14)9(8-20)5-11-12(18)6-10(17)7-13(11)19/h5-7,20H,8H2,1-4H3. The second-order valence-corrected chi connectivity index (χ2v) is 6.25. The first-order valence-corrected chi connectivity index (χ1v) is 6.89. The monoisotopic (exact) mass is 314 g/mol. The highest BCUT2D eigenvalue weighted by atomic mass is 19.1. The van der Waals surface area contributed by atoms with Crippen LogP contribution in [-0.4, -0.2) is 30.0 Å². The quantitative estimate of drug-likeness (QED) is 0.871. The molecule has 1 N–H and O–H groups in total. The third-order valence-corrected chi connectivity index (χ3v) is 4.11. The van der Waals surface area contributed by atoms with Gasteiger partial charge in [-0.1, -0.05) is 6.08 Å². The van der Waals surface area contributed by atoms with Crippen LogP contribution in [0.25, 0.3) is 6.08 Å². The molecule has 0 saturated carbocycles. The van der Waals surface area contributed by atoms with Crippen molar-refractivity contribution in [3.05, 3.63) is 40.6 Å². The molecule has 1 saturated heterocycles. The molecular formula is C15H18BF3O3. The largest absolute Gasteiger partial charge is 0.492 e. The summed E-state index contributed by atoms with van der Waals surface area (Å²) in [5.74, 6) is -3.12. The van der Waals surface area contributed by atoms with Crippen molar-refractivity contribution in [2.45, 2.75) is 38.9 Å². The Balaban J connectivity index is 2.38. The van der Waals surface area contributed by atoms with Gasteiger partial charge < -0.3 is 14.4 Å². The Morgan fingerprint density at radius 1 is 1.09 bits per heavy atom. The molecule has 1 aliphatic rings. The molecule has 0 unspecified atom stereocenters. The van der Waals surface area contributed by atoms with E-state index in [1.54, 1.807) is 0 Å². The minimum Gasteiger partial charge on any atom is -0.400 e. The van der Waals surface area contributed by atoms with Crippen molar-refractivity contribution in [1.82, 2.24) is 0 Å². The zero-order valence-corrected chi connectivity index (χ0v) is 12.9. The molecule has 7 heteroatoms. The van der Waals surface area contributed by atoms with Gasteiger partial charge in [0, 0.05) is 17.7 Å². The van der Waals surface area contributed by atoms with Crippen molar-refractivity contribution in [1.29, 1.82) is 0 Å². The van der Waals surface area contributed by atoms with Crippen molar-refractivity contribution in [2.24, 2.45) is 0 Å². The predicted octanol–water partition coefficient (Wildman–Crippen LogP) is 3.11. The predicted molar refractivity (Wildman–Crippen MR) is 77.5 cm³/mol. The summed E-state index contributed by atoms with van der Waals surface area (Å²) in [5.41, 5.74) is -1.58. The number of aliphatic hydroxyl groups excluding tert-OH is 1. The van der Waals surface area contributed by atoms with Crippen LogP contribution in [0.2, 0.25) is 0 Å². The van der Waals surface area contributed by atoms with E-state index in [0.29, 0.717) is 12.1 Å². The van der Waals surface area contributed by atoms with Crippen molar-refractivity contribution < 1.29 is 27.6 Å². The summed E-state index contributed by atoms with van der Waals surface area (Å²) in [4.78, 5) is 0. The fraction of sp³-hybridized carbons (Fsp3) is 0.467. The zero-order chi connectivity index (χ0) is 16.7. The molecular weight excluding hydrogens is 296 g/mol. The van der Waals surface area contributed by atoms with Crippen LogP contribution in [0.5, 0.6) is 0 Å². The Hall–Kier alpha value is -1.31. The highest BCUT2D eigenvalue weighted by Crippen LogP contribution is 2.38. The molecule has 0 bridgehead atoms. The van der Waals surface area contributed by atoms with E-state index >= 15 is 0 Å². The molecule has 1 fully saturated rings. The van der Waals surface area contributed by atoms with E-state index in [-0.39, 0.29) is 5.47 Å². The van der Waals surface area contributed by atoms with Gasteiger partial charge in [0.25, 0.3) is 0 Å². The van der Waals surface area contributed by atoms with Crippen LogP contribution < -0.4 is 0 Å². The Bertz CT molecular complexity index is 575. The van der Waals surface area contributed by atoms with E-state index in [1.807, 2.05) is 27.7 Å². The van der Waals surface area contributed by atoms with E-state index in [4.69, 9.17) is 9.31 Å². The Morgan fingerprint density at radius 3 is 1.95 bits per heavy atom. The lowest BCUT2D eigenvalue weighted by atomic mass is 9.77. The fourth-order valence-corrected chi connectivity index (χ4v) is 2.06. The molecule has 0 aromatic heterocycles. The third kappa shape index (κ3) is 3.07. The normalized spacial score (nSPS) is 20.5. The van der Waals surface area contributed by atoms with Gasteiger partial charge in [0.2, 0.25) is 0 Å². The highest BCUT2D eigenvalue weighted by molar-refractivity contribution is 6.55. The maximum absolute atomic E-state index is 13.7. The summed E-state index contributed by atoms with van der Waals surface area (Å²) in [7, 11) is -0.932.